The lowest BCUT2D eigenvalue weighted by Gasteiger charge is -2.27. The average molecular weight is 206 g/mol. The minimum Gasteiger partial charge on any atom is -0.473 e. The molecule has 1 fully saturated rings. The molecule has 0 bridgehead atoms. The summed E-state index contributed by atoms with van der Waals surface area (Å²) in [6.07, 6.45) is 4.36. The van der Waals surface area contributed by atoms with E-state index in [1.807, 2.05) is 12.1 Å². The molecule has 2 atom stereocenters. The van der Waals surface area contributed by atoms with Crippen LogP contribution in [0.25, 0.3) is 0 Å². The number of ether oxygens (including phenoxy) is 1. The van der Waals surface area contributed by atoms with Crippen LogP contribution in [0, 0.1) is 6.92 Å². The third-order valence-electron chi connectivity index (χ3n) is 2.79. The Kier molecular flexibility index (Phi) is 3.21. The average Bonchev–Trinajstić information content (AvgIpc) is 2.22. The first kappa shape index (κ1) is 10.4. The number of nitrogens with zero attached hydrogens (tertiary/aromatic N) is 1. The molecule has 0 saturated carbocycles. The van der Waals surface area contributed by atoms with Gasteiger partial charge in [-0.3, -0.25) is 0 Å². The Bertz CT molecular complexity index is 319. The molecule has 2 rings (SSSR count). The van der Waals surface area contributed by atoms with Gasteiger partial charge in [0.15, 0.2) is 0 Å². The molecule has 0 radical (unpaired) electrons. The number of hydrogen-bond donors (Lipinski definition) is 1. The molecule has 0 aliphatic carbocycles. The van der Waals surface area contributed by atoms with E-state index < -0.39 is 0 Å². The monoisotopic (exact) mass is 206 g/mol. The van der Waals surface area contributed by atoms with Gasteiger partial charge in [-0.15, -0.1) is 0 Å². The molecule has 0 spiro atoms. The highest BCUT2D eigenvalue weighted by Gasteiger charge is 2.18. The molecule has 2 heterocycles. The minimum atomic E-state index is 0.274. The van der Waals surface area contributed by atoms with Crippen molar-refractivity contribution in [3.63, 3.8) is 0 Å². The summed E-state index contributed by atoms with van der Waals surface area (Å²) < 4.78 is 5.81. The minimum absolute atomic E-state index is 0.274. The summed E-state index contributed by atoms with van der Waals surface area (Å²) >= 11 is 0. The Morgan fingerprint density at radius 1 is 1.47 bits per heavy atom. The lowest BCUT2D eigenvalue weighted by Crippen LogP contribution is -2.42. The lowest BCUT2D eigenvalue weighted by molar-refractivity contribution is 0.146. The number of aromatic nitrogens is 1. The zero-order chi connectivity index (χ0) is 10.7. The van der Waals surface area contributed by atoms with Crippen LogP contribution in [-0.2, 0) is 0 Å². The SMILES string of the molecule is Cc1ccnc(O[C@@H]2CC[C@@H](C)NC2)c1. The molecule has 0 aromatic carbocycles. The predicted octanol–water partition coefficient (Wildman–Crippen LogP) is 1.91. The number of nitrogens with one attached hydrogen (secondary N) is 1. The molecule has 15 heavy (non-hydrogen) atoms. The first-order valence-corrected chi connectivity index (χ1v) is 5.57. The normalized spacial score (nSPS) is 26.3. The highest BCUT2D eigenvalue weighted by atomic mass is 16.5. The zero-order valence-corrected chi connectivity index (χ0v) is 9.36. The topological polar surface area (TPSA) is 34.1 Å². The van der Waals surface area contributed by atoms with E-state index in [-0.39, 0.29) is 6.10 Å². The van der Waals surface area contributed by atoms with Crippen molar-refractivity contribution in [3.05, 3.63) is 23.9 Å². The van der Waals surface area contributed by atoms with E-state index >= 15 is 0 Å². The second-order valence-electron chi connectivity index (χ2n) is 4.30. The maximum atomic E-state index is 5.81. The van der Waals surface area contributed by atoms with E-state index in [2.05, 4.69) is 24.1 Å². The second-order valence-corrected chi connectivity index (χ2v) is 4.30. The molecule has 1 saturated heterocycles. The molecule has 1 aliphatic heterocycles. The van der Waals surface area contributed by atoms with Crippen molar-refractivity contribution < 1.29 is 4.74 Å². The van der Waals surface area contributed by atoms with E-state index in [0.29, 0.717) is 6.04 Å². The summed E-state index contributed by atoms with van der Waals surface area (Å²) in [4.78, 5) is 4.20. The highest BCUT2D eigenvalue weighted by molar-refractivity contribution is 5.19. The molecular formula is C12H18N2O. The van der Waals surface area contributed by atoms with E-state index in [1.165, 1.54) is 12.0 Å². The van der Waals surface area contributed by atoms with Gasteiger partial charge in [0, 0.05) is 24.8 Å². The van der Waals surface area contributed by atoms with Gasteiger partial charge in [-0.25, -0.2) is 4.98 Å². The fraction of sp³-hybridized carbons (Fsp3) is 0.583. The number of rotatable bonds is 2. The smallest absolute Gasteiger partial charge is 0.213 e. The number of pyridine rings is 1. The molecule has 82 valence electrons. The van der Waals surface area contributed by atoms with Gasteiger partial charge in [0.05, 0.1) is 0 Å². The third-order valence-corrected chi connectivity index (χ3v) is 2.79. The molecule has 1 aliphatic rings. The zero-order valence-electron chi connectivity index (χ0n) is 9.36. The summed E-state index contributed by atoms with van der Waals surface area (Å²) in [5.74, 6) is 0.747. The van der Waals surface area contributed by atoms with Crippen LogP contribution in [0.2, 0.25) is 0 Å². The number of hydrogen-bond acceptors (Lipinski definition) is 3. The van der Waals surface area contributed by atoms with Gasteiger partial charge < -0.3 is 10.1 Å². The van der Waals surface area contributed by atoms with Gasteiger partial charge in [-0.05, 0) is 38.3 Å². The molecule has 1 aromatic rings. The fourth-order valence-corrected chi connectivity index (χ4v) is 1.82. The molecule has 1 N–H and O–H groups in total. The Balaban J connectivity index is 1.92. The molecular weight excluding hydrogens is 188 g/mol. The summed E-state index contributed by atoms with van der Waals surface area (Å²) in [6, 6.07) is 4.59. The maximum absolute atomic E-state index is 5.81. The van der Waals surface area contributed by atoms with Crippen LogP contribution in [0.3, 0.4) is 0 Å². The summed E-state index contributed by atoms with van der Waals surface area (Å²) in [5, 5.41) is 3.41. The van der Waals surface area contributed by atoms with E-state index in [0.717, 1.165) is 18.8 Å². The first-order chi connectivity index (χ1) is 7.24. The van der Waals surface area contributed by atoms with Gasteiger partial charge in [-0.2, -0.15) is 0 Å². The van der Waals surface area contributed by atoms with Crippen LogP contribution in [0.1, 0.15) is 25.3 Å². The van der Waals surface area contributed by atoms with Crippen molar-refractivity contribution in [2.45, 2.75) is 38.8 Å². The molecule has 3 heteroatoms. The largest absolute Gasteiger partial charge is 0.473 e. The van der Waals surface area contributed by atoms with Crippen LogP contribution in [0.5, 0.6) is 5.88 Å². The van der Waals surface area contributed by atoms with Crippen molar-refractivity contribution in [1.29, 1.82) is 0 Å². The van der Waals surface area contributed by atoms with Gasteiger partial charge in [0.1, 0.15) is 6.10 Å². The second kappa shape index (κ2) is 4.62. The van der Waals surface area contributed by atoms with Crippen molar-refractivity contribution in [3.8, 4) is 5.88 Å². The number of aryl methyl sites for hydroxylation is 1. The molecule has 0 unspecified atom stereocenters. The van der Waals surface area contributed by atoms with Gasteiger partial charge >= 0.3 is 0 Å². The standard InChI is InChI=1S/C12H18N2O/c1-9-5-6-13-12(7-9)15-11-4-3-10(2)14-8-11/h5-7,10-11,14H,3-4,8H2,1-2H3/t10-,11-/m1/s1. The summed E-state index contributed by atoms with van der Waals surface area (Å²) in [6.45, 7) is 5.19. The van der Waals surface area contributed by atoms with E-state index in [9.17, 15) is 0 Å². The van der Waals surface area contributed by atoms with Gasteiger partial charge in [0.2, 0.25) is 5.88 Å². The van der Waals surface area contributed by atoms with Crippen molar-refractivity contribution in [2.24, 2.45) is 0 Å². The lowest BCUT2D eigenvalue weighted by atomic mass is 10.0. The summed E-state index contributed by atoms with van der Waals surface area (Å²) in [7, 11) is 0. The summed E-state index contributed by atoms with van der Waals surface area (Å²) in [5.41, 5.74) is 1.19. The van der Waals surface area contributed by atoms with Crippen molar-refractivity contribution in [2.75, 3.05) is 6.54 Å². The van der Waals surface area contributed by atoms with E-state index in [1.54, 1.807) is 6.20 Å². The Morgan fingerprint density at radius 2 is 2.33 bits per heavy atom. The van der Waals surface area contributed by atoms with Crippen molar-refractivity contribution >= 4 is 0 Å². The van der Waals surface area contributed by atoms with Crippen molar-refractivity contribution in [1.82, 2.24) is 10.3 Å². The molecule has 1 aromatic heterocycles. The maximum Gasteiger partial charge on any atom is 0.213 e. The third kappa shape index (κ3) is 2.93. The first-order valence-electron chi connectivity index (χ1n) is 5.57. The van der Waals surface area contributed by atoms with Crippen LogP contribution in [0.15, 0.2) is 18.3 Å². The molecule has 0 amide bonds. The fourth-order valence-electron chi connectivity index (χ4n) is 1.82. The Labute approximate surface area is 90.9 Å². The van der Waals surface area contributed by atoms with Crippen LogP contribution < -0.4 is 10.1 Å². The van der Waals surface area contributed by atoms with Crippen LogP contribution in [-0.4, -0.2) is 23.7 Å². The van der Waals surface area contributed by atoms with Gasteiger partial charge in [-0.1, -0.05) is 0 Å². The Morgan fingerprint density at radius 3 is 3.00 bits per heavy atom. The quantitative estimate of drug-likeness (QED) is 0.802. The van der Waals surface area contributed by atoms with Gasteiger partial charge in [0.25, 0.3) is 0 Å². The van der Waals surface area contributed by atoms with Crippen LogP contribution >= 0.6 is 0 Å². The van der Waals surface area contributed by atoms with Crippen LogP contribution in [0.4, 0.5) is 0 Å². The Hall–Kier alpha value is -1.09. The van der Waals surface area contributed by atoms with E-state index in [4.69, 9.17) is 4.74 Å². The molecule has 3 nitrogen and oxygen atoms in total. The highest BCUT2D eigenvalue weighted by Crippen LogP contribution is 2.15. The number of piperidine rings is 1. The predicted molar refractivity (Wildman–Crippen MR) is 60.1 cm³/mol.